The van der Waals surface area contributed by atoms with Gasteiger partial charge in [0, 0.05) is 24.5 Å². The van der Waals surface area contributed by atoms with Crippen LogP contribution in [0.3, 0.4) is 0 Å². The lowest BCUT2D eigenvalue weighted by molar-refractivity contribution is 0.0602. The third-order valence-electron chi connectivity index (χ3n) is 3.48. The Labute approximate surface area is 108 Å². The number of anilines is 2. The maximum atomic E-state index is 11.6. The summed E-state index contributed by atoms with van der Waals surface area (Å²) < 4.78 is 4.74. The Morgan fingerprint density at radius 2 is 2.17 bits per heavy atom. The molecule has 4 heteroatoms. The Balaban J connectivity index is 2.28. The molecular formula is C14H20N2O2. The van der Waals surface area contributed by atoms with Gasteiger partial charge in [-0.1, -0.05) is 13.8 Å². The third-order valence-corrected chi connectivity index (χ3v) is 3.48. The number of ether oxygens (including phenoxy) is 1. The first-order valence-corrected chi connectivity index (χ1v) is 6.16. The zero-order chi connectivity index (χ0) is 13.3. The largest absolute Gasteiger partial charge is 0.465 e. The second kappa shape index (κ2) is 4.52. The average Bonchev–Trinajstić information content (AvgIpc) is 2.69. The summed E-state index contributed by atoms with van der Waals surface area (Å²) in [5.41, 5.74) is 8.07. The predicted octanol–water partition coefficient (Wildman–Crippen LogP) is 2.29. The van der Waals surface area contributed by atoms with Crippen molar-refractivity contribution in [3.05, 3.63) is 23.8 Å². The minimum atomic E-state index is -0.382. The molecule has 0 aromatic heterocycles. The van der Waals surface area contributed by atoms with E-state index in [0.29, 0.717) is 16.7 Å². The summed E-state index contributed by atoms with van der Waals surface area (Å²) in [4.78, 5) is 13.9. The Bertz CT molecular complexity index is 469. The number of methoxy groups -OCH3 is 1. The lowest BCUT2D eigenvalue weighted by Crippen LogP contribution is -2.23. The number of rotatable bonds is 2. The van der Waals surface area contributed by atoms with Crippen LogP contribution in [-0.2, 0) is 4.74 Å². The van der Waals surface area contributed by atoms with Crippen molar-refractivity contribution in [1.82, 2.24) is 0 Å². The maximum absolute atomic E-state index is 11.6. The molecule has 0 unspecified atom stereocenters. The molecule has 0 radical (unpaired) electrons. The van der Waals surface area contributed by atoms with Gasteiger partial charge in [0.15, 0.2) is 0 Å². The van der Waals surface area contributed by atoms with Crippen molar-refractivity contribution in [2.75, 3.05) is 30.8 Å². The van der Waals surface area contributed by atoms with Gasteiger partial charge < -0.3 is 15.4 Å². The summed E-state index contributed by atoms with van der Waals surface area (Å²) in [6.07, 6.45) is 1.16. The van der Waals surface area contributed by atoms with Crippen molar-refractivity contribution >= 4 is 17.3 Å². The number of hydrogen-bond acceptors (Lipinski definition) is 4. The van der Waals surface area contributed by atoms with Crippen molar-refractivity contribution in [2.24, 2.45) is 5.41 Å². The molecule has 1 aromatic rings. The second-order valence-electron chi connectivity index (χ2n) is 5.60. The van der Waals surface area contributed by atoms with Crippen LogP contribution >= 0.6 is 0 Å². The van der Waals surface area contributed by atoms with Gasteiger partial charge in [0.2, 0.25) is 0 Å². The number of esters is 1. The molecule has 18 heavy (non-hydrogen) atoms. The first kappa shape index (κ1) is 12.7. The summed E-state index contributed by atoms with van der Waals surface area (Å²) in [5.74, 6) is -0.382. The first-order valence-electron chi connectivity index (χ1n) is 6.16. The fraction of sp³-hybridized carbons (Fsp3) is 0.500. The van der Waals surface area contributed by atoms with Crippen LogP contribution in [0.15, 0.2) is 18.2 Å². The van der Waals surface area contributed by atoms with Crippen LogP contribution in [0.5, 0.6) is 0 Å². The zero-order valence-electron chi connectivity index (χ0n) is 11.2. The molecule has 1 saturated heterocycles. The van der Waals surface area contributed by atoms with Crippen LogP contribution in [0.1, 0.15) is 30.6 Å². The molecule has 1 aromatic carbocycles. The van der Waals surface area contributed by atoms with Crippen molar-refractivity contribution in [3.8, 4) is 0 Å². The van der Waals surface area contributed by atoms with Crippen molar-refractivity contribution in [3.63, 3.8) is 0 Å². The van der Waals surface area contributed by atoms with E-state index in [9.17, 15) is 4.79 Å². The van der Waals surface area contributed by atoms with Crippen LogP contribution in [0.4, 0.5) is 11.4 Å². The third kappa shape index (κ3) is 2.42. The number of carbonyl (C=O) groups is 1. The van der Waals surface area contributed by atoms with Gasteiger partial charge in [-0.15, -0.1) is 0 Å². The number of nitrogen functional groups attached to an aromatic ring is 1. The first-order chi connectivity index (χ1) is 8.43. The number of hydrogen-bond donors (Lipinski definition) is 1. The maximum Gasteiger partial charge on any atom is 0.340 e. The molecule has 0 spiro atoms. The highest BCUT2D eigenvalue weighted by Gasteiger charge is 2.29. The van der Waals surface area contributed by atoms with Gasteiger partial charge in [-0.2, -0.15) is 0 Å². The minimum absolute atomic E-state index is 0.326. The Hall–Kier alpha value is -1.71. The monoisotopic (exact) mass is 248 g/mol. The van der Waals surface area contributed by atoms with E-state index < -0.39 is 0 Å². The summed E-state index contributed by atoms with van der Waals surface area (Å²) >= 11 is 0. The van der Waals surface area contributed by atoms with Gasteiger partial charge in [-0.25, -0.2) is 4.79 Å². The van der Waals surface area contributed by atoms with Crippen LogP contribution in [0.2, 0.25) is 0 Å². The van der Waals surface area contributed by atoms with E-state index in [2.05, 4.69) is 18.7 Å². The smallest absolute Gasteiger partial charge is 0.340 e. The van der Waals surface area contributed by atoms with Gasteiger partial charge >= 0.3 is 5.97 Å². The number of nitrogens with zero attached hydrogens (tertiary/aromatic N) is 1. The van der Waals surface area contributed by atoms with Crippen molar-refractivity contribution in [2.45, 2.75) is 20.3 Å². The molecule has 1 aliphatic rings. The molecule has 4 nitrogen and oxygen atoms in total. The van der Waals surface area contributed by atoms with E-state index in [0.717, 1.165) is 25.2 Å². The number of carbonyl (C=O) groups excluding carboxylic acids is 1. The molecule has 2 rings (SSSR count). The summed E-state index contributed by atoms with van der Waals surface area (Å²) in [7, 11) is 1.37. The minimum Gasteiger partial charge on any atom is -0.465 e. The van der Waals surface area contributed by atoms with Crippen LogP contribution in [0.25, 0.3) is 0 Å². The topological polar surface area (TPSA) is 55.6 Å². The summed E-state index contributed by atoms with van der Waals surface area (Å²) in [6.45, 7) is 6.52. The summed E-state index contributed by atoms with van der Waals surface area (Å²) in [5, 5.41) is 0. The van der Waals surface area contributed by atoms with Crippen molar-refractivity contribution < 1.29 is 9.53 Å². The van der Waals surface area contributed by atoms with E-state index in [-0.39, 0.29) is 5.97 Å². The van der Waals surface area contributed by atoms with Crippen LogP contribution in [0, 0.1) is 5.41 Å². The zero-order valence-corrected chi connectivity index (χ0v) is 11.2. The predicted molar refractivity (Wildman–Crippen MR) is 72.8 cm³/mol. The summed E-state index contributed by atoms with van der Waals surface area (Å²) in [6, 6.07) is 5.55. The lowest BCUT2D eigenvalue weighted by atomic mass is 9.93. The average molecular weight is 248 g/mol. The lowest BCUT2D eigenvalue weighted by Gasteiger charge is -2.22. The molecule has 0 amide bonds. The van der Waals surface area contributed by atoms with Crippen molar-refractivity contribution in [1.29, 1.82) is 0 Å². The second-order valence-corrected chi connectivity index (χ2v) is 5.60. The molecule has 0 atom stereocenters. The number of benzene rings is 1. The van der Waals surface area contributed by atoms with E-state index in [4.69, 9.17) is 10.5 Å². The van der Waals surface area contributed by atoms with E-state index in [1.807, 2.05) is 12.1 Å². The quantitative estimate of drug-likeness (QED) is 0.644. The molecule has 0 saturated carbocycles. The standard InChI is InChI=1S/C14H20N2O2/c1-14(2)6-7-16(9-14)10-4-5-12(15)11(8-10)13(17)18-3/h4-5,8H,6-7,9,15H2,1-3H3. The van der Waals surface area contributed by atoms with E-state index in [1.54, 1.807) is 6.07 Å². The normalized spacial score (nSPS) is 17.8. The molecule has 0 aliphatic carbocycles. The number of nitrogens with two attached hydrogens (primary N) is 1. The van der Waals surface area contributed by atoms with Crippen LogP contribution in [-0.4, -0.2) is 26.2 Å². The molecular weight excluding hydrogens is 228 g/mol. The Morgan fingerprint density at radius 3 is 2.72 bits per heavy atom. The van der Waals surface area contributed by atoms with Crippen LogP contribution < -0.4 is 10.6 Å². The van der Waals surface area contributed by atoms with Gasteiger partial charge in [0.05, 0.1) is 12.7 Å². The Kier molecular flexibility index (Phi) is 3.20. The highest BCUT2D eigenvalue weighted by molar-refractivity contribution is 5.96. The van der Waals surface area contributed by atoms with Gasteiger partial charge in [-0.05, 0) is 30.0 Å². The van der Waals surface area contributed by atoms with Gasteiger partial charge in [-0.3, -0.25) is 0 Å². The van der Waals surface area contributed by atoms with E-state index in [1.165, 1.54) is 7.11 Å². The molecule has 1 fully saturated rings. The highest BCUT2D eigenvalue weighted by Crippen LogP contribution is 2.33. The highest BCUT2D eigenvalue weighted by atomic mass is 16.5. The molecule has 0 bridgehead atoms. The fourth-order valence-corrected chi connectivity index (χ4v) is 2.36. The molecule has 1 heterocycles. The van der Waals surface area contributed by atoms with Gasteiger partial charge in [0.25, 0.3) is 0 Å². The molecule has 2 N–H and O–H groups in total. The van der Waals surface area contributed by atoms with Gasteiger partial charge in [0.1, 0.15) is 0 Å². The molecule has 1 aliphatic heterocycles. The Morgan fingerprint density at radius 1 is 1.44 bits per heavy atom. The fourth-order valence-electron chi connectivity index (χ4n) is 2.36. The van der Waals surface area contributed by atoms with E-state index >= 15 is 0 Å². The molecule has 98 valence electrons. The SMILES string of the molecule is COC(=O)c1cc(N2CCC(C)(C)C2)ccc1N.